The largest absolute Gasteiger partial charge is 0.349 e. The Balaban J connectivity index is 1.89. The van der Waals surface area contributed by atoms with Crippen molar-refractivity contribution in [1.82, 2.24) is 15.3 Å². The van der Waals surface area contributed by atoms with Crippen molar-refractivity contribution >= 4 is 17.7 Å². The van der Waals surface area contributed by atoms with Crippen molar-refractivity contribution in [3.05, 3.63) is 53.9 Å². The van der Waals surface area contributed by atoms with Gasteiger partial charge in [-0.3, -0.25) is 4.79 Å². The van der Waals surface area contributed by atoms with Gasteiger partial charge in [0.05, 0.1) is 11.8 Å². The minimum absolute atomic E-state index is 0.000113. The zero-order chi connectivity index (χ0) is 15.1. The molecule has 0 spiro atoms. The number of hydrogen-bond acceptors (Lipinski definition) is 4. The summed E-state index contributed by atoms with van der Waals surface area (Å²) < 4.78 is 0. The van der Waals surface area contributed by atoms with Crippen LogP contribution in [-0.4, -0.2) is 21.6 Å². The summed E-state index contributed by atoms with van der Waals surface area (Å²) in [5.41, 5.74) is 2.36. The fourth-order valence-corrected chi connectivity index (χ4v) is 2.56. The van der Waals surface area contributed by atoms with Gasteiger partial charge < -0.3 is 5.32 Å². The molecule has 0 saturated heterocycles. The summed E-state index contributed by atoms with van der Waals surface area (Å²) >= 11 is 1.34. The Morgan fingerprint density at radius 2 is 1.90 bits per heavy atom. The number of aromatic nitrogens is 2. The maximum atomic E-state index is 12.0. The van der Waals surface area contributed by atoms with Gasteiger partial charge in [-0.2, -0.15) is 0 Å². The average Bonchev–Trinajstić information content (AvgIpc) is 2.52. The van der Waals surface area contributed by atoms with E-state index in [9.17, 15) is 4.79 Å². The number of benzene rings is 1. The summed E-state index contributed by atoms with van der Waals surface area (Å²) in [5.74, 6) is 0.326. The fraction of sp³-hybridized carbons (Fsp3) is 0.312. The summed E-state index contributed by atoms with van der Waals surface area (Å²) in [7, 11) is 0. The second-order valence-electron chi connectivity index (χ2n) is 4.76. The van der Waals surface area contributed by atoms with Gasteiger partial charge in [0, 0.05) is 12.4 Å². The molecule has 2 rings (SSSR count). The van der Waals surface area contributed by atoms with Gasteiger partial charge in [-0.1, -0.05) is 48.5 Å². The van der Waals surface area contributed by atoms with E-state index in [1.54, 1.807) is 18.5 Å². The molecule has 0 aliphatic carbocycles. The highest BCUT2D eigenvalue weighted by Gasteiger charge is 2.13. The molecule has 1 heterocycles. The number of nitrogens with one attached hydrogen (secondary N) is 1. The number of carbonyl (C=O) groups is 1. The third-order valence-corrected chi connectivity index (χ3v) is 3.97. The summed E-state index contributed by atoms with van der Waals surface area (Å²) in [6.07, 6.45) is 4.21. The molecule has 0 fully saturated rings. The van der Waals surface area contributed by atoms with Crippen LogP contribution in [0.15, 0.2) is 47.9 Å². The molecule has 4 nitrogen and oxygen atoms in total. The Bertz CT molecular complexity index is 572. The summed E-state index contributed by atoms with van der Waals surface area (Å²) in [4.78, 5) is 20.2. The van der Waals surface area contributed by atoms with Crippen LogP contribution in [0.5, 0.6) is 0 Å². The molecule has 0 bridgehead atoms. The quantitative estimate of drug-likeness (QED) is 0.658. The van der Waals surface area contributed by atoms with Crippen LogP contribution in [-0.2, 0) is 4.79 Å². The van der Waals surface area contributed by atoms with Gasteiger partial charge in [0.25, 0.3) is 0 Å². The van der Waals surface area contributed by atoms with Gasteiger partial charge in [-0.15, -0.1) is 0 Å². The van der Waals surface area contributed by atoms with Gasteiger partial charge in [-0.05, 0) is 25.0 Å². The molecule has 2 aromatic rings. The van der Waals surface area contributed by atoms with Crippen LogP contribution in [0.2, 0.25) is 0 Å². The van der Waals surface area contributed by atoms with Crippen LogP contribution in [0.1, 0.15) is 30.5 Å². The van der Waals surface area contributed by atoms with E-state index < -0.39 is 0 Å². The van der Waals surface area contributed by atoms with E-state index in [2.05, 4.69) is 53.4 Å². The van der Waals surface area contributed by atoms with Crippen molar-refractivity contribution < 1.29 is 4.79 Å². The zero-order valence-corrected chi connectivity index (χ0v) is 13.1. The molecule has 1 amide bonds. The predicted molar refractivity (Wildman–Crippen MR) is 85.1 cm³/mol. The first-order valence-electron chi connectivity index (χ1n) is 6.94. The molecule has 1 N–H and O–H groups in total. The number of nitrogens with zero attached hydrogens (tertiary/aromatic N) is 2. The average molecular weight is 301 g/mol. The zero-order valence-electron chi connectivity index (χ0n) is 12.2. The van der Waals surface area contributed by atoms with E-state index in [0.717, 1.165) is 12.0 Å². The van der Waals surface area contributed by atoms with E-state index in [1.165, 1.54) is 17.3 Å². The van der Waals surface area contributed by atoms with Crippen molar-refractivity contribution in [3.8, 4) is 0 Å². The van der Waals surface area contributed by atoms with Crippen LogP contribution in [0, 0.1) is 6.92 Å². The molecular formula is C16H19N3OS. The van der Waals surface area contributed by atoms with Crippen LogP contribution in [0.3, 0.4) is 0 Å². The van der Waals surface area contributed by atoms with E-state index in [4.69, 9.17) is 0 Å². The molecule has 1 aromatic carbocycles. The number of hydrogen-bond donors (Lipinski definition) is 1. The third kappa shape index (κ3) is 4.86. The first-order valence-corrected chi connectivity index (χ1v) is 7.93. The van der Waals surface area contributed by atoms with Crippen molar-refractivity contribution in [2.75, 3.05) is 5.75 Å². The third-order valence-electron chi connectivity index (χ3n) is 3.10. The highest BCUT2D eigenvalue weighted by Crippen LogP contribution is 2.18. The van der Waals surface area contributed by atoms with Crippen molar-refractivity contribution in [2.24, 2.45) is 0 Å². The molecule has 21 heavy (non-hydrogen) atoms. The number of rotatable bonds is 6. The van der Waals surface area contributed by atoms with Crippen LogP contribution >= 0.6 is 11.8 Å². The van der Waals surface area contributed by atoms with E-state index >= 15 is 0 Å². The van der Waals surface area contributed by atoms with Gasteiger partial charge in [0.2, 0.25) is 5.91 Å². The highest BCUT2D eigenvalue weighted by atomic mass is 32.2. The second kappa shape index (κ2) is 7.78. The lowest BCUT2D eigenvalue weighted by Crippen LogP contribution is -2.29. The van der Waals surface area contributed by atoms with E-state index in [1.807, 2.05) is 0 Å². The molecule has 1 atom stereocenters. The SMILES string of the molecule is CC[C@@H](NC(=O)CSc1ncccn1)c1ccc(C)cc1. The van der Waals surface area contributed by atoms with Crippen molar-refractivity contribution in [3.63, 3.8) is 0 Å². The topological polar surface area (TPSA) is 54.9 Å². The summed E-state index contributed by atoms with van der Waals surface area (Å²) in [5, 5.41) is 3.68. The van der Waals surface area contributed by atoms with Gasteiger partial charge >= 0.3 is 0 Å². The van der Waals surface area contributed by atoms with Gasteiger partial charge in [-0.25, -0.2) is 9.97 Å². The lowest BCUT2D eigenvalue weighted by molar-refractivity contribution is -0.119. The van der Waals surface area contributed by atoms with Crippen LogP contribution < -0.4 is 5.32 Å². The van der Waals surface area contributed by atoms with Crippen LogP contribution in [0.25, 0.3) is 0 Å². The number of aryl methyl sites for hydroxylation is 1. The number of amides is 1. The Morgan fingerprint density at radius 3 is 2.52 bits per heavy atom. The monoisotopic (exact) mass is 301 g/mol. The molecule has 0 aliphatic rings. The minimum Gasteiger partial charge on any atom is -0.349 e. The molecular weight excluding hydrogens is 282 g/mol. The van der Waals surface area contributed by atoms with Crippen LogP contribution in [0.4, 0.5) is 0 Å². The van der Waals surface area contributed by atoms with Gasteiger partial charge in [0.15, 0.2) is 5.16 Å². The maximum absolute atomic E-state index is 12.0. The van der Waals surface area contributed by atoms with E-state index in [-0.39, 0.29) is 11.9 Å². The predicted octanol–water partition coefficient (Wildman–Crippen LogP) is 3.14. The smallest absolute Gasteiger partial charge is 0.230 e. The number of carbonyl (C=O) groups excluding carboxylic acids is 1. The maximum Gasteiger partial charge on any atom is 0.230 e. The molecule has 0 radical (unpaired) electrons. The highest BCUT2D eigenvalue weighted by molar-refractivity contribution is 7.99. The fourth-order valence-electron chi connectivity index (χ4n) is 1.95. The summed E-state index contributed by atoms with van der Waals surface area (Å²) in [6, 6.07) is 10.1. The first-order chi connectivity index (χ1) is 10.2. The lowest BCUT2D eigenvalue weighted by Gasteiger charge is -2.17. The van der Waals surface area contributed by atoms with Gasteiger partial charge in [0.1, 0.15) is 0 Å². The number of thioether (sulfide) groups is 1. The molecule has 0 aliphatic heterocycles. The van der Waals surface area contributed by atoms with Crippen molar-refractivity contribution in [2.45, 2.75) is 31.5 Å². The summed E-state index contributed by atoms with van der Waals surface area (Å²) in [6.45, 7) is 4.12. The Morgan fingerprint density at radius 1 is 1.24 bits per heavy atom. The molecule has 5 heteroatoms. The van der Waals surface area contributed by atoms with E-state index in [0.29, 0.717) is 10.9 Å². The molecule has 110 valence electrons. The standard InChI is InChI=1S/C16H19N3OS/c1-3-14(13-7-5-12(2)6-8-13)19-15(20)11-21-16-17-9-4-10-18-16/h4-10,14H,3,11H2,1-2H3,(H,19,20)/t14-/m1/s1. The Labute approximate surface area is 129 Å². The lowest BCUT2D eigenvalue weighted by atomic mass is 10.0. The Kier molecular flexibility index (Phi) is 5.75. The minimum atomic E-state index is -0.000113. The normalized spacial score (nSPS) is 11.9. The molecule has 0 unspecified atom stereocenters. The van der Waals surface area contributed by atoms with Crippen molar-refractivity contribution in [1.29, 1.82) is 0 Å². The second-order valence-corrected chi connectivity index (χ2v) is 5.70. The molecule has 0 saturated carbocycles. The molecule has 1 aromatic heterocycles. The Hall–Kier alpha value is -1.88. The first kappa shape index (κ1) is 15.5.